The van der Waals surface area contributed by atoms with Gasteiger partial charge in [-0.05, 0) is 63.5 Å². The fourth-order valence-electron chi connectivity index (χ4n) is 9.97. The van der Waals surface area contributed by atoms with Crippen LogP contribution >= 0.6 is 0 Å². The highest BCUT2D eigenvalue weighted by atomic mass is 16.7. The molecule has 0 bridgehead atoms. The fraction of sp³-hybridized carbons (Fsp3) is 0.744. The lowest BCUT2D eigenvalue weighted by atomic mass is 9.61. The van der Waals surface area contributed by atoms with Crippen LogP contribution in [0.3, 0.4) is 0 Å². The number of hydrogen-bond donors (Lipinski definition) is 7. The number of rotatable bonds is 14. The Morgan fingerprint density at radius 1 is 1.20 bits per heavy atom. The van der Waals surface area contributed by atoms with Crippen molar-refractivity contribution in [1.29, 1.82) is 0 Å². The van der Waals surface area contributed by atoms with Crippen molar-refractivity contribution in [2.24, 2.45) is 35.3 Å². The number of nitrogens with two attached hydrogens (primary N) is 4. The summed E-state index contributed by atoms with van der Waals surface area (Å²) < 4.78 is 12.4. The third-order valence-corrected chi connectivity index (χ3v) is 12.8. The van der Waals surface area contributed by atoms with Crippen molar-refractivity contribution in [2.75, 3.05) is 40.5 Å². The van der Waals surface area contributed by atoms with Crippen LogP contribution in [0.1, 0.15) is 84.5 Å². The quantitative estimate of drug-likeness (QED) is 0.0198. The first-order valence-electron chi connectivity index (χ1n) is 19.9. The van der Waals surface area contributed by atoms with Crippen LogP contribution in [0.25, 0.3) is 0 Å². The second-order valence-electron chi connectivity index (χ2n) is 16.1. The molecule has 4 unspecified atom stereocenters. The van der Waals surface area contributed by atoms with Crippen molar-refractivity contribution in [1.82, 2.24) is 10.6 Å². The van der Waals surface area contributed by atoms with Crippen LogP contribution in [0.2, 0.25) is 0 Å². The molecule has 0 aromatic carbocycles. The van der Waals surface area contributed by atoms with Gasteiger partial charge in [-0.15, -0.1) is 0 Å². The van der Waals surface area contributed by atoms with Crippen LogP contribution < -0.4 is 37.3 Å². The van der Waals surface area contributed by atoms with Gasteiger partial charge in [0.1, 0.15) is 25.5 Å². The number of guanidine groups is 1. The highest BCUT2D eigenvalue weighted by Gasteiger charge is 2.86. The number of carbonyl (C=O) groups excluding carboxylic acids is 3. The highest BCUT2D eigenvalue weighted by Crippen LogP contribution is 2.61. The third-order valence-electron chi connectivity index (χ3n) is 12.8. The lowest BCUT2D eigenvalue weighted by molar-refractivity contribution is -0.717. The van der Waals surface area contributed by atoms with Gasteiger partial charge in [0, 0.05) is 49.4 Å². The van der Waals surface area contributed by atoms with Gasteiger partial charge in [0.2, 0.25) is 0 Å². The first-order chi connectivity index (χ1) is 24.7. The maximum absolute atomic E-state index is 14.4. The number of nitrogens with one attached hydrogen (secondary N) is 3. The lowest BCUT2D eigenvalue weighted by Crippen LogP contribution is -2.98. The number of piperidine rings is 1. The summed E-state index contributed by atoms with van der Waals surface area (Å²) in [6.07, 6.45) is 18.4. The summed E-state index contributed by atoms with van der Waals surface area (Å²) in [5.74, 6) is -0.344. The van der Waals surface area contributed by atoms with Crippen molar-refractivity contribution >= 4 is 23.5 Å². The summed E-state index contributed by atoms with van der Waals surface area (Å²) in [5, 5.41) is 13.9. The van der Waals surface area contributed by atoms with Gasteiger partial charge in [-0.25, -0.2) is 10.1 Å². The van der Waals surface area contributed by atoms with Gasteiger partial charge in [0.05, 0.1) is 33.2 Å². The standard InChI is InChI=1S/C39H61N7O5/c1-5-43-31-20-26-11-7-6-10-25(26)19-28(31)22-50-36(49)39-35(48)30-13-9-8-12-29(30)34(47)38(39,51-39)16-14-24(2)18-32(46-37(40)42-4)27-15-17-44-33(21-27)45-23-41-3/h7,11,14,20,25,27-33,41,43-45H,5-6,8-10,12-13,15-19,21-23H2,1-4H3,(H3,40,42,46)/p+4/t25-,27?,28-,29?,30?,31-,32+,33?,38-,39-/m0/s1. The Hall–Kier alpha value is -2.90. The molecular formula is C39H65N7O5+4. The highest BCUT2D eigenvalue weighted by molar-refractivity contribution is 6.23. The summed E-state index contributed by atoms with van der Waals surface area (Å²) in [4.78, 5) is 46.0. The zero-order valence-electron chi connectivity index (χ0n) is 31.4. The van der Waals surface area contributed by atoms with Crippen LogP contribution in [-0.4, -0.2) is 93.4 Å². The van der Waals surface area contributed by atoms with E-state index in [1.165, 1.54) is 5.57 Å². The van der Waals surface area contributed by atoms with Crippen LogP contribution in [0.5, 0.6) is 0 Å². The fourth-order valence-corrected chi connectivity index (χ4v) is 9.97. The number of ether oxygens (including phenoxy) is 2. The number of quaternary nitrogens is 3. The molecule has 4 aliphatic carbocycles. The summed E-state index contributed by atoms with van der Waals surface area (Å²) in [7, 11) is 3.87. The summed E-state index contributed by atoms with van der Waals surface area (Å²) in [6, 6.07) is 0.277. The number of likely N-dealkylation sites (N-methyl/N-ethyl adjacent to an activating group) is 1. The Morgan fingerprint density at radius 2 is 1.98 bits per heavy atom. The number of Topliss-reactive ketones (excluding diaryl/α,β-unsaturated/α-hetero) is 2. The Bertz CT molecular complexity index is 1430. The number of carbonyl (C=O) groups is 3. The van der Waals surface area contributed by atoms with Gasteiger partial charge in [0.15, 0.2) is 17.2 Å². The Kier molecular flexibility index (Phi) is 12.2. The van der Waals surface area contributed by atoms with Crippen LogP contribution in [-0.2, 0) is 23.9 Å². The maximum Gasteiger partial charge on any atom is 0.350 e. The molecule has 51 heavy (non-hydrogen) atoms. The second kappa shape index (κ2) is 16.4. The molecule has 11 N–H and O–H groups in total. The molecule has 6 aliphatic rings. The first kappa shape index (κ1) is 37.8. The Balaban J connectivity index is 1.20. The van der Waals surface area contributed by atoms with Crippen LogP contribution in [0, 0.1) is 29.6 Å². The molecule has 6 rings (SSSR count). The van der Waals surface area contributed by atoms with Crippen molar-refractivity contribution in [3.63, 3.8) is 0 Å². The minimum absolute atomic E-state index is 0.0775. The van der Waals surface area contributed by atoms with Gasteiger partial charge in [-0.1, -0.05) is 36.6 Å². The van der Waals surface area contributed by atoms with E-state index >= 15 is 0 Å². The van der Waals surface area contributed by atoms with E-state index in [9.17, 15) is 14.4 Å². The number of allylic oxidation sites excluding steroid dienone is 3. The largest absolute Gasteiger partial charge is 0.463 e. The number of ketones is 2. The molecule has 12 heteroatoms. The second-order valence-corrected chi connectivity index (χ2v) is 16.1. The molecular weight excluding hydrogens is 646 g/mol. The van der Waals surface area contributed by atoms with Crippen LogP contribution in [0.4, 0.5) is 0 Å². The van der Waals surface area contributed by atoms with Gasteiger partial charge < -0.3 is 25.4 Å². The lowest BCUT2D eigenvalue weighted by Gasteiger charge is -2.37. The zero-order valence-corrected chi connectivity index (χ0v) is 31.4. The Morgan fingerprint density at radius 3 is 2.73 bits per heavy atom. The van der Waals surface area contributed by atoms with Crippen molar-refractivity contribution in [2.45, 2.75) is 114 Å². The van der Waals surface area contributed by atoms with E-state index < -0.39 is 29.0 Å². The molecule has 0 aromatic heterocycles. The van der Waals surface area contributed by atoms with E-state index in [0.717, 1.165) is 70.3 Å². The predicted octanol–water partition coefficient (Wildman–Crippen LogP) is -2.39. The molecule has 0 spiro atoms. The number of epoxide rings is 1. The molecule has 0 amide bonds. The predicted molar refractivity (Wildman–Crippen MR) is 192 cm³/mol. The van der Waals surface area contributed by atoms with E-state index in [0.29, 0.717) is 43.2 Å². The SMILES string of the molecule is CC[NH2+][C@H]1C=C2C=CCC[C@H]2C[C@H]1COC(=O)[C@]12O[C@@]1(CC=C(C)C[C@@H](NC(N)=[NH+]C)C1CC[NH2+]C(NC[NH2+]C)C1)C(=O)C1CCCCC1C2=O. The molecule has 2 aliphatic heterocycles. The normalized spacial score (nSPS) is 37.1. The van der Waals surface area contributed by atoms with Crippen molar-refractivity contribution < 1.29 is 44.8 Å². The molecule has 2 heterocycles. The molecule has 10 atom stereocenters. The minimum atomic E-state index is -1.84. The van der Waals surface area contributed by atoms with Crippen molar-refractivity contribution in [3.05, 3.63) is 35.5 Å². The van der Waals surface area contributed by atoms with Gasteiger partial charge in [0.25, 0.3) is 5.60 Å². The van der Waals surface area contributed by atoms with Crippen LogP contribution in [0.15, 0.2) is 35.5 Å². The summed E-state index contributed by atoms with van der Waals surface area (Å²) in [5.41, 5.74) is 5.38. The van der Waals surface area contributed by atoms with E-state index in [4.69, 9.17) is 15.2 Å². The smallest absolute Gasteiger partial charge is 0.350 e. The molecule has 2 saturated heterocycles. The minimum Gasteiger partial charge on any atom is -0.463 e. The van der Waals surface area contributed by atoms with E-state index in [1.54, 1.807) is 0 Å². The van der Waals surface area contributed by atoms with Gasteiger partial charge in [-0.3, -0.25) is 25.6 Å². The topological polar surface area (TPSA) is 187 Å². The third kappa shape index (κ3) is 7.62. The summed E-state index contributed by atoms with van der Waals surface area (Å²) >= 11 is 0. The molecule has 2 saturated carbocycles. The van der Waals surface area contributed by atoms with E-state index in [1.807, 2.05) is 13.1 Å². The zero-order chi connectivity index (χ0) is 36.2. The summed E-state index contributed by atoms with van der Waals surface area (Å²) in [6.45, 7) is 7.24. The average molecular weight is 712 g/mol. The number of fused-ring (bicyclic) bond motifs is 3. The molecule has 282 valence electrons. The number of hydrogen-bond acceptors (Lipinski definition) is 6. The number of esters is 1. The maximum atomic E-state index is 14.4. The van der Waals surface area contributed by atoms with Gasteiger partial charge in [-0.2, -0.15) is 0 Å². The van der Waals surface area contributed by atoms with Gasteiger partial charge >= 0.3 is 11.9 Å². The van der Waals surface area contributed by atoms with E-state index in [2.05, 4.69) is 70.7 Å². The molecule has 4 fully saturated rings. The first-order valence-corrected chi connectivity index (χ1v) is 19.9. The molecule has 0 aromatic rings. The average Bonchev–Trinajstić information content (AvgIpc) is 3.86. The monoisotopic (exact) mass is 712 g/mol. The molecule has 0 radical (unpaired) electrons. The van der Waals surface area contributed by atoms with Crippen molar-refractivity contribution in [3.8, 4) is 0 Å². The van der Waals surface area contributed by atoms with E-state index in [-0.39, 0.29) is 42.6 Å². The molecule has 12 nitrogen and oxygen atoms in total. The Labute approximate surface area is 303 Å².